The van der Waals surface area contributed by atoms with Crippen LogP contribution < -0.4 is 10.6 Å². The lowest BCUT2D eigenvalue weighted by Crippen LogP contribution is -2.38. The fraction of sp³-hybridized carbons (Fsp3) is 0.353. The quantitative estimate of drug-likeness (QED) is 0.873. The summed E-state index contributed by atoms with van der Waals surface area (Å²) in [5.41, 5.74) is 1.13. The molecule has 2 aromatic carbocycles. The Morgan fingerprint density at radius 1 is 1.20 bits per heavy atom. The van der Waals surface area contributed by atoms with Gasteiger partial charge in [0.2, 0.25) is 0 Å². The lowest BCUT2D eigenvalue weighted by molar-refractivity contribution is 0.237. The maximum absolute atomic E-state index is 11.8. The van der Waals surface area contributed by atoms with Crippen LogP contribution in [0.25, 0.3) is 10.8 Å². The van der Waals surface area contributed by atoms with Crippen molar-refractivity contribution in [1.82, 2.24) is 10.6 Å². The van der Waals surface area contributed by atoms with Crippen LogP contribution in [-0.4, -0.2) is 12.6 Å². The molecule has 1 aliphatic rings. The molecule has 2 aromatic rings. The van der Waals surface area contributed by atoms with Crippen LogP contribution in [0.3, 0.4) is 0 Å². The van der Waals surface area contributed by atoms with Gasteiger partial charge >= 0.3 is 6.03 Å². The Bertz CT molecular complexity index is 619. The van der Waals surface area contributed by atoms with Gasteiger partial charge in [0.1, 0.15) is 0 Å². The van der Waals surface area contributed by atoms with Crippen molar-refractivity contribution in [2.45, 2.75) is 25.8 Å². The van der Waals surface area contributed by atoms with Gasteiger partial charge in [0.15, 0.2) is 0 Å². The van der Waals surface area contributed by atoms with E-state index in [2.05, 4.69) is 41.0 Å². The van der Waals surface area contributed by atoms with Gasteiger partial charge in [-0.2, -0.15) is 0 Å². The number of hydrogen-bond acceptors (Lipinski definition) is 1. The van der Waals surface area contributed by atoms with E-state index in [1.54, 1.807) is 0 Å². The summed E-state index contributed by atoms with van der Waals surface area (Å²) in [6.45, 7) is 2.82. The molecule has 20 heavy (non-hydrogen) atoms. The zero-order valence-electron chi connectivity index (χ0n) is 11.7. The molecule has 0 bridgehead atoms. The molecule has 0 heterocycles. The number of benzene rings is 2. The lowest BCUT2D eigenvalue weighted by atomic mass is 10.0. The van der Waals surface area contributed by atoms with Gasteiger partial charge < -0.3 is 10.6 Å². The molecular formula is C17H20N2O. The molecule has 2 N–H and O–H groups in total. The first kappa shape index (κ1) is 13.0. The minimum Gasteiger partial charge on any atom is -0.338 e. The number of urea groups is 1. The van der Waals surface area contributed by atoms with Crippen LogP contribution in [0.5, 0.6) is 0 Å². The molecular weight excluding hydrogens is 248 g/mol. The van der Waals surface area contributed by atoms with Crippen molar-refractivity contribution < 1.29 is 4.79 Å². The normalized spacial score (nSPS) is 15.8. The van der Waals surface area contributed by atoms with Crippen LogP contribution >= 0.6 is 0 Å². The molecule has 1 aliphatic carbocycles. The molecule has 0 unspecified atom stereocenters. The highest BCUT2D eigenvalue weighted by atomic mass is 16.2. The molecule has 0 aliphatic heterocycles. The molecule has 0 spiro atoms. The van der Waals surface area contributed by atoms with Crippen molar-refractivity contribution in [1.29, 1.82) is 0 Å². The standard InChI is InChI=1S/C17H20N2O/c1-12(19-17(20)18-11-13-6-7-13)15-9-8-14-4-2-3-5-16(14)10-15/h2-5,8-10,12-13H,6-7,11H2,1H3,(H2,18,19,20)/t12-/m1/s1. The van der Waals surface area contributed by atoms with E-state index in [9.17, 15) is 4.79 Å². The van der Waals surface area contributed by atoms with Gasteiger partial charge in [-0.25, -0.2) is 4.79 Å². The van der Waals surface area contributed by atoms with Gasteiger partial charge in [-0.15, -0.1) is 0 Å². The lowest BCUT2D eigenvalue weighted by Gasteiger charge is -2.15. The third kappa shape index (κ3) is 3.10. The van der Waals surface area contributed by atoms with E-state index in [0.29, 0.717) is 5.92 Å². The monoisotopic (exact) mass is 268 g/mol. The second-order valence-corrected chi connectivity index (χ2v) is 5.63. The van der Waals surface area contributed by atoms with E-state index in [0.717, 1.165) is 12.1 Å². The van der Waals surface area contributed by atoms with E-state index in [-0.39, 0.29) is 12.1 Å². The SMILES string of the molecule is C[C@@H](NC(=O)NCC1CC1)c1ccc2ccccc2c1. The fourth-order valence-electron chi connectivity index (χ4n) is 2.37. The smallest absolute Gasteiger partial charge is 0.315 e. The van der Waals surface area contributed by atoms with Crippen molar-refractivity contribution >= 4 is 16.8 Å². The van der Waals surface area contributed by atoms with Crippen molar-refractivity contribution in [2.24, 2.45) is 5.92 Å². The maximum Gasteiger partial charge on any atom is 0.315 e. The molecule has 0 saturated heterocycles. The summed E-state index contributed by atoms with van der Waals surface area (Å²) in [5.74, 6) is 0.705. The van der Waals surface area contributed by atoms with Crippen molar-refractivity contribution in [3.05, 3.63) is 48.0 Å². The van der Waals surface area contributed by atoms with Gasteiger partial charge in [-0.3, -0.25) is 0 Å². The van der Waals surface area contributed by atoms with Gasteiger partial charge in [-0.05, 0) is 48.1 Å². The minimum absolute atomic E-state index is 0.0128. The molecule has 1 atom stereocenters. The highest BCUT2D eigenvalue weighted by molar-refractivity contribution is 5.83. The van der Waals surface area contributed by atoms with E-state index < -0.39 is 0 Å². The summed E-state index contributed by atoms with van der Waals surface area (Å²) in [4.78, 5) is 11.8. The first-order valence-electron chi connectivity index (χ1n) is 7.25. The largest absolute Gasteiger partial charge is 0.338 e. The molecule has 104 valence electrons. The number of hydrogen-bond donors (Lipinski definition) is 2. The Kier molecular flexibility index (Phi) is 3.59. The summed E-state index contributed by atoms with van der Waals surface area (Å²) in [6.07, 6.45) is 2.50. The summed E-state index contributed by atoms with van der Waals surface area (Å²) >= 11 is 0. The number of amides is 2. The number of nitrogens with one attached hydrogen (secondary N) is 2. The number of fused-ring (bicyclic) bond motifs is 1. The molecule has 2 amide bonds. The first-order chi connectivity index (χ1) is 9.72. The summed E-state index contributed by atoms with van der Waals surface area (Å²) in [6, 6.07) is 14.5. The van der Waals surface area contributed by atoms with Crippen LogP contribution in [0.2, 0.25) is 0 Å². The number of carbonyl (C=O) groups excluding carboxylic acids is 1. The highest BCUT2D eigenvalue weighted by Gasteiger charge is 2.21. The highest BCUT2D eigenvalue weighted by Crippen LogP contribution is 2.27. The molecule has 1 saturated carbocycles. The van der Waals surface area contributed by atoms with Crippen molar-refractivity contribution in [3.8, 4) is 0 Å². The summed E-state index contributed by atoms with van der Waals surface area (Å²) < 4.78 is 0. The predicted molar refractivity (Wildman–Crippen MR) is 81.6 cm³/mol. The molecule has 0 radical (unpaired) electrons. The summed E-state index contributed by atoms with van der Waals surface area (Å²) in [7, 11) is 0. The second kappa shape index (κ2) is 5.53. The van der Waals surface area contributed by atoms with Gasteiger partial charge in [0, 0.05) is 6.54 Å². The Morgan fingerprint density at radius 2 is 1.95 bits per heavy atom. The molecule has 3 nitrogen and oxygen atoms in total. The van der Waals surface area contributed by atoms with E-state index in [1.165, 1.54) is 23.6 Å². The van der Waals surface area contributed by atoms with Crippen LogP contribution in [0.15, 0.2) is 42.5 Å². The third-order valence-electron chi connectivity index (χ3n) is 3.87. The van der Waals surface area contributed by atoms with Gasteiger partial charge in [0.05, 0.1) is 6.04 Å². The summed E-state index contributed by atoms with van der Waals surface area (Å²) in [5, 5.41) is 8.36. The average Bonchev–Trinajstić information content (AvgIpc) is 3.29. The Hall–Kier alpha value is -2.03. The Labute approximate surface area is 119 Å². The molecule has 0 aromatic heterocycles. The third-order valence-corrected chi connectivity index (χ3v) is 3.87. The number of carbonyl (C=O) groups is 1. The fourth-order valence-corrected chi connectivity index (χ4v) is 2.37. The topological polar surface area (TPSA) is 41.1 Å². The van der Waals surface area contributed by atoms with E-state index >= 15 is 0 Å². The minimum atomic E-state index is -0.0717. The van der Waals surface area contributed by atoms with Gasteiger partial charge in [-0.1, -0.05) is 36.4 Å². The van der Waals surface area contributed by atoms with Gasteiger partial charge in [0.25, 0.3) is 0 Å². The number of rotatable bonds is 4. The average molecular weight is 268 g/mol. The van der Waals surface area contributed by atoms with Crippen LogP contribution in [0.4, 0.5) is 4.79 Å². The molecule has 3 heteroatoms. The Morgan fingerprint density at radius 3 is 2.70 bits per heavy atom. The van der Waals surface area contributed by atoms with E-state index in [4.69, 9.17) is 0 Å². The predicted octanol–water partition coefficient (Wildman–Crippen LogP) is 3.61. The second-order valence-electron chi connectivity index (χ2n) is 5.63. The maximum atomic E-state index is 11.8. The Balaban J connectivity index is 1.64. The van der Waals surface area contributed by atoms with Crippen LogP contribution in [-0.2, 0) is 0 Å². The zero-order chi connectivity index (χ0) is 13.9. The molecule has 1 fully saturated rings. The van der Waals surface area contributed by atoms with Crippen molar-refractivity contribution in [2.75, 3.05) is 6.54 Å². The van der Waals surface area contributed by atoms with Crippen molar-refractivity contribution in [3.63, 3.8) is 0 Å². The van der Waals surface area contributed by atoms with E-state index in [1.807, 2.05) is 19.1 Å². The first-order valence-corrected chi connectivity index (χ1v) is 7.25. The van der Waals surface area contributed by atoms with Crippen LogP contribution in [0, 0.1) is 5.92 Å². The zero-order valence-corrected chi connectivity index (χ0v) is 11.7. The van der Waals surface area contributed by atoms with Crippen LogP contribution in [0.1, 0.15) is 31.4 Å². The molecule has 3 rings (SSSR count).